The van der Waals surface area contributed by atoms with E-state index in [4.69, 9.17) is 10.8 Å². The number of ether oxygens (including phenoxy) is 1. The van der Waals surface area contributed by atoms with Gasteiger partial charge in [0.1, 0.15) is 6.04 Å². The van der Waals surface area contributed by atoms with Crippen LogP contribution in [0.15, 0.2) is 0 Å². The van der Waals surface area contributed by atoms with Crippen LogP contribution in [0.25, 0.3) is 0 Å². The summed E-state index contributed by atoms with van der Waals surface area (Å²) in [4.78, 5) is 45.9. The van der Waals surface area contributed by atoms with Crippen molar-refractivity contribution in [1.82, 2.24) is 10.2 Å². The van der Waals surface area contributed by atoms with E-state index in [2.05, 4.69) is 10.1 Å². The minimum Gasteiger partial charge on any atom is -0.480 e. The van der Waals surface area contributed by atoms with Gasteiger partial charge in [0, 0.05) is 20.0 Å². The zero-order valence-corrected chi connectivity index (χ0v) is 12.3. The topological polar surface area (TPSA) is 139 Å². The molecule has 0 aromatic rings. The number of carboxylic acid groups (broad SMARTS) is 1. The second-order valence-corrected chi connectivity index (χ2v) is 4.65. The molecular formula is C12H21N3O6. The molecule has 21 heavy (non-hydrogen) atoms. The fraction of sp³-hybridized carbons (Fsp3) is 0.667. The molecule has 0 bridgehead atoms. The normalized spacial score (nSPS) is 12.9. The second-order valence-electron chi connectivity index (χ2n) is 4.65. The molecule has 0 aromatic heterocycles. The maximum Gasteiger partial charge on any atom is 0.326 e. The number of nitrogens with two attached hydrogens (primary N) is 1. The fourth-order valence-corrected chi connectivity index (χ4v) is 1.57. The first-order valence-electron chi connectivity index (χ1n) is 6.29. The number of rotatable bonds is 8. The van der Waals surface area contributed by atoms with Gasteiger partial charge in [-0.2, -0.15) is 0 Å². The molecule has 0 saturated carbocycles. The number of aliphatic carboxylic acids is 1. The Balaban J connectivity index is 4.50. The third-order valence-electron chi connectivity index (χ3n) is 2.77. The quantitative estimate of drug-likeness (QED) is 0.499. The molecule has 9 nitrogen and oxygen atoms in total. The Morgan fingerprint density at radius 3 is 2.33 bits per heavy atom. The van der Waals surface area contributed by atoms with Crippen LogP contribution in [-0.2, 0) is 19.1 Å². The Kier molecular flexibility index (Phi) is 7.80. The van der Waals surface area contributed by atoms with Gasteiger partial charge in [-0.3, -0.25) is 9.59 Å². The third-order valence-corrected chi connectivity index (χ3v) is 2.77. The van der Waals surface area contributed by atoms with Crippen LogP contribution in [0, 0.1) is 5.92 Å². The summed E-state index contributed by atoms with van der Waals surface area (Å²) in [5.41, 5.74) is 4.94. The molecule has 0 aliphatic rings. The maximum atomic E-state index is 11.8. The van der Waals surface area contributed by atoms with Crippen molar-refractivity contribution in [3.05, 3.63) is 0 Å². The molecule has 4 N–H and O–H groups in total. The molecule has 0 aliphatic heterocycles. The second kappa shape index (κ2) is 8.77. The van der Waals surface area contributed by atoms with Gasteiger partial charge in [0.15, 0.2) is 0 Å². The molecule has 0 spiro atoms. The Bertz CT molecular complexity index is 412. The van der Waals surface area contributed by atoms with Gasteiger partial charge in [-0.05, 0) is 6.42 Å². The number of primary amides is 1. The molecule has 120 valence electrons. The average molecular weight is 303 g/mol. The van der Waals surface area contributed by atoms with E-state index in [0.29, 0.717) is 0 Å². The SMILES string of the molecule is COC(=O)C(C)CN(C)C(=O)N[C@H](CCC(N)=O)C(=O)O. The van der Waals surface area contributed by atoms with Crippen LogP contribution in [0.3, 0.4) is 0 Å². The minimum atomic E-state index is -1.26. The Hall–Kier alpha value is -2.32. The van der Waals surface area contributed by atoms with E-state index in [1.165, 1.54) is 19.1 Å². The molecule has 0 heterocycles. The van der Waals surface area contributed by atoms with E-state index in [-0.39, 0.29) is 19.4 Å². The number of hydrogen-bond acceptors (Lipinski definition) is 5. The molecule has 1 unspecified atom stereocenters. The first-order chi connectivity index (χ1) is 9.68. The van der Waals surface area contributed by atoms with Crippen LogP contribution in [0.5, 0.6) is 0 Å². The third kappa shape index (κ3) is 7.14. The summed E-state index contributed by atoms with van der Waals surface area (Å²) in [6.45, 7) is 1.65. The summed E-state index contributed by atoms with van der Waals surface area (Å²) < 4.78 is 4.53. The first-order valence-corrected chi connectivity index (χ1v) is 6.29. The highest BCUT2D eigenvalue weighted by molar-refractivity contribution is 5.83. The van der Waals surface area contributed by atoms with Crippen LogP contribution >= 0.6 is 0 Å². The number of esters is 1. The number of amides is 3. The number of urea groups is 1. The van der Waals surface area contributed by atoms with Crippen molar-refractivity contribution in [2.45, 2.75) is 25.8 Å². The fourth-order valence-electron chi connectivity index (χ4n) is 1.57. The number of carbonyl (C=O) groups excluding carboxylic acids is 3. The van der Waals surface area contributed by atoms with Crippen molar-refractivity contribution >= 4 is 23.9 Å². The number of carboxylic acids is 1. The van der Waals surface area contributed by atoms with Crippen molar-refractivity contribution in [2.24, 2.45) is 11.7 Å². The monoisotopic (exact) mass is 303 g/mol. The van der Waals surface area contributed by atoms with Crippen LogP contribution < -0.4 is 11.1 Å². The summed E-state index contributed by atoms with van der Waals surface area (Å²) in [5, 5.41) is 11.2. The number of nitrogens with one attached hydrogen (secondary N) is 1. The Morgan fingerprint density at radius 1 is 1.33 bits per heavy atom. The standard InChI is InChI=1S/C12H21N3O6/c1-7(11(19)21-3)6-15(2)12(20)14-8(10(17)18)4-5-9(13)16/h7-8H,4-6H2,1-3H3,(H2,13,16)(H,14,20)(H,17,18)/t7?,8-/m1/s1. The predicted octanol–water partition coefficient (Wildman–Crippen LogP) is -0.844. The van der Waals surface area contributed by atoms with Crippen LogP contribution in [0.2, 0.25) is 0 Å². The van der Waals surface area contributed by atoms with Crippen LogP contribution in [0.4, 0.5) is 4.79 Å². The smallest absolute Gasteiger partial charge is 0.326 e. The van der Waals surface area contributed by atoms with Gasteiger partial charge in [0.05, 0.1) is 13.0 Å². The van der Waals surface area contributed by atoms with E-state index in [1.54, 1.807) is 6.92 Å². The van der Waals surface area contributed by atoms with E-state index >= 15 is 0 Å². The van der Waals surface area contributed by atoms with Crippen molar-refractivity contribution in [3.8, 4) is 0 Å². The molecule has 0 saturated heterocycles. The number of nitrogens with zero attached hydrogens (tertiary/aromatic N) is 1. The van der Waals surface area contributed by atoms with Crippen molar-refractivity contribution in [1.29, 1.82) is 0 Å². The van der Waals surface area contributed by atoms with Crippen LogP contribution in [-0.4, -0.2) is 60.6 Å². The highest BCUT2D eigenvalue weighted by Gasteiger charge is 2.24. The highest BCUT2D eigenvalue weighted by Crippen LogP contribution is 2.03. The zero-order chi connectivity index (χ0) is 16.6. The van der Waals surface area contributed by atoms with Gasteiger partial charge >= 0.3 is 18.0 Å². The first kappa shape index (κ1) is 18.7. The predicted molar refractivity (Wildman–Crippen MR) is 72.2 cm³/mol. The molecule has 9 heteroatoms. The molecular weight excluding hydrogens is 282 g/mol. The van der Waals surface area contributed by atoms with Gasteiger partial charge in [-0.1, -0.05) is 6.92 Å². The van der Waals surface area contributed by atoms with E-state index in [1.807, 2.05) is 0 Å². The highest BCUT2D eigenvalue weighted by atomic mass is 16.5. The lowest BCUT2D eigenvalue weighted by Gasteiger charge is -2.23. The average Bonchev–Trinajstić information content (AvgIpc) is 2.41. The van der Waals surface area contributed by atoms with Gasteiger partial charge < -0.3 is 25.8 Å². The van der Waals surface area contributed by atoms with E-state index < -0.39 is 35.8 Å². The lowest BCUT2D eigenvalue weighted by atomic mass is 10.1. The summed E-state index contributed by atoms with van der Waals surface area (Å²) in [6, 6.07) is -1.89. The van der Waals surface area contributed by atoms with Gasteiger partial charge in [0.25, 0.3) is 0 Å². The maximum absolute atomic E-state index is 11.8. The Labute approximate surface area is 122 Å². The zero-order valence-electron chi connectivity index (χ0n) is 12.3. The number of hydrogen-bond donors (Lipinski definition) is 3. The van der Waals surface area contributed by atoms with Crippen LogP contribution in [0.1, 0.15) is 19.8 Å². The molecule has 3 amide bonds. The summed E-state index contributed by atoms with van der Waals surface area (Å²) in [7, 11) is 2.66. The summed E-state index contributed by atoms with van der Waals surface area (Å²) in [5.74, 6) is -2.93. The minimum absolute atomic E-state index is 0.0701. The molecule has 0 radical (unpaired) electrons. The Morgan fingerprint density at radius 2 is 1.90 bits per heavy atom. The summed E-state index contributed by atoms with van der Waals surface area (Å²) in [6.07, 6.45) is -0.254. The summed E-state index contributed by atoms with van der Waals surface area (Å²) >= 11 is 0. The van der Waals surface area contributed by atoms with E-state index in [9.17, 15) is 19.2 Å². The molecule has 0 fully saturated rings. The molecule has 0 aliphatic carbocycles. The number of carbonyl (C=O) groups is 4. The lowest BCUT2D eigenvalue weighted by Crippen LogP contribution is -2.48. The van der Waals surface area contributed by atoms with E-state index in [0.717, 1.165) is 0 Å². The largest absolute Gasteiger partial charge is 0.480 e. The molecule has 0 rings (SSSR count). The molecule has 2 atom stereocenters. The number of methoxy groups -OCH3 is 1. The van der Waals surface area contributed by atoms with Gasteiger partial charge in [0.2, 0.25) is 5.91 Å². The van der Waals surface area contributed by atoms with Gasteiger partial charge in [-0.15, -0.1) is 0 Å². The molecule has 0 aromatic carbocycles. The van der Waals surface area contributed by atoms with Crippen molar-refractivity contribution < 1.29 is 29.0 Å². The van der Waals surface area contributed by atoms with Gasteiger partial charge in [-0.25, -0.2) is 9.59 Å². The lowest BCUT2D eigenvalue weighted by molar-refractivity contribution is -0.145. The van der Waals surface area contributed by atoms with Crippen molar-refractivity contribution in [2.75, 3.05) is 20.7 Å². The van der Waals surface area contributed by atoms with Crippen molar-refractivity contribution in [3.63, 3.8) is 0 Å².